The minimum absolute atomic E-state index is 0.968. The van der Waals surface area contributed by atoms with Gasteiger partial charge in [-0.15, -0.1) is 0 Å². The molecule has 0 aliphatic rings. The predicted octanol–water partition coefficient (Wildman–Crippen LogP) is 1.54. The molecule has 15 heavy (non-hydrogen) atoms. The molecular weight excluding hydrogens is 184 g/mol. The van der Waals surface area contributed by atoms with Gasteiger partial charge in [-0.3, -0.25) is 4.98 Å². The second-order valence-corrected chi connectivity index (χ2v) is 3.66. The minimum atomic E-state index is 0.968. The van der Waals surface area contributed by atoms with Crippen LogP contribution in [0, 0.1) is 6.92 Å². The number of fused-ring (bicyclic) bond motifs is 1. The third kappa shape index (κ3) is 1.89. The summed E-state index contributed by atoms with van der Waals surface area (Å²) in [5.74, 6) is 0. The molecule has 0 unspecified atom stereocenters. The molecule has 0 atom stereocenters. The summed E-state index contributed by atoms with van der Waals surface area (Å²) < 4.78 is 0. The molecule has 2 heterocycles. The maximum Gasteiger partial charge on any atom is 0.0743 e. The summed E-state index contributed by atoms with van der Waals surface area (Å²) in [4.78, 5) is 8.81. The van der Waals surface area contributed by atoms with Gasteiger partial charge in [0.25, 0.3) is 0 Å². The number of nitrogens with zero attached hydrogens (tertiary/aromatic N) is 2. The highest BCUT2D eigenvalue weighted by molar-refractivity contribution is 5.77. The molecule has 0 aliphatic heterocycles. The highest BCUT2D eigenvalue weighted by Gasteiger charge is 1.96. The standard InChI is InChI=1S/C13H14N2/c1-4-5-12-9(2)6-11-8-14-10(3)7-13(11)15-12/h5-8H,2,4H2,1,3H3/b12-5+. The van der Waals surface area contributed by atoms with Gasteiger partial charge in [0.1, 0.15) is 0 Å². The zero-order valence-electron chi connectivity index (χ0n) is 9.12. The number of aromatic nitrogens is 2. The number of aryl methyl sites for hydroxylation is 1. The summed E-state index contributed by atoms with van der Waals surface area (Å²) in [5, 5.41) is 3.00. The normalized spacial score (nSPS) is 12.3. The molecule has 2 rings (SSSR count). The van der Waals surface area contributed by atoms with Crippen molar-refractivity contribution < 1.29 is 0 Å². The molecule has 2 aromatic rings. The summed E-state index contributed by atoms with van der Waals surface area (Å²) in [7, 11) is 0. The summed E-state index contributed by atoms with van der Waals surface area (Å²) in [6.45, 7) is 8.07. The number of rotatable bonds is 1. The molecule has 0 radical (unpaired) electrons. The average molecular weight is 198 g/mol. The Morgan fingerprint density at radius 1 is 1.40 bits per heavy atom. The van der Waals surface area contributed by atoms with Crippen molar-refractivity contribution in [2.24, 2.45) is 0 Å². The molecule has 0 N–H and O–H groups in total. The molecule has 0 aromatic carbocycles. The van der Waals surface area contributed by atoms with Crippen LogP contribution in [-0.4, -0.2) is 9.97 Å². The Morgan fingerprint density at radius 2 is 2.20 bits per heavy atom. The van der Waals surface area contributed by atoms with Crippen LogP contribution in [0.1, 0.15) is 19.0 Å². The van der Waals surface area contributed by atoms with Gasteiger partial charge in [0, 0.05) is 17.3 Å². The van der Waals surface area contributed by atoms with Crippen LogP contribution in [0.15, 0.2) is 18.3 Å². The second-order valence-electron chi connectivity index (χ2n) is 3.66. The van der Waals surface area contributed by atoms with Gasteiger partial charge in [0.05, 0.1) is 10.9 Å². The van der Waals surface area contributed by atoms with Gasteiger partial charge < -0.3 is 0 Å². The number of pyridine rings is 2. The van der Waals surface area contributed by atoms with E-state index in [1.54, 1.807) is 0 Å². The molecule has 2 heteroatoms. The van der Waals surface area contributed by atoms with E-state index in [0.29, 0.717) is 0 Å². The fourth-order valence-electron chi connectivity index (χ4n) is 1.60. The molecular formula is C13H14N2. The highest BCUT2D eigenvalue weighted by Crippen LogP contribution is 2.06. The highest BCUT2D eigenvalue weighted by atomic mass is 14.7. The zero-order chi connectivity index (χ0) is 10.8. The molecule has 0 fully saturated rings. The first kappa shape index (κ1) is 9.84. The Hall–Kier alpha value is -1.70. The maximum atomic E-state index is 4.57. The van der Waals surface area contributed by atoms with Crippen LogP contribution in [0.3, 0.4) is 0 Å². The molecule has 2 aromatic heterocycles. The van der Waals surface area contributed by atoms with Gasteiger partial charge in [-0.2, -0.15) is 0 Å². The third-order valence-electron chi connectivity index (χ3n) is 2.35. The molecule has 0 bridgehead atoms. The first-order valence-corrected chi connectivity index (χ1v) is 5.13. The van der Waals surface area contributed by atoms with E-state index in [4.69, 9.17) is 0 Å². The van der Waals surface area contributed by atoms with E-state index in [2.05, 4.69) is 29.5 Å². The van der Waals surface area contributed by atoms with Crippen LogP contribution in [-0.2, 0) is 0 Å². The predicted molar refractivity (Wildman–Crippen MR) is 63.8 cm³/mol. The van der Waals surface area contributed by atoms with Crippen molar-refractivity contribution >= 4 is 23.6 Å². The number of hydrogen-bond donors (Lipinski definition) is 0. The summed E-state index contributed by atoms with van der Waals surface area (Å²) in [6.07, 6.45) is 4.92. The lowest BCUT2D eigenvalue weighted by Crippen LogP contribution is -2.26. The average Bonchev–Trinajstić information content (AvgIpc) is 2.20. The van der Waals surface area contributed by atoms with Crippen LogP contribution >= 0.6 is 0 Å². The Morgan fingerprint density at radius 3 is 2.93 bits per heavy atom. The fraction of sp³-hybridized carbons (Fsp3) is 0.231. The van der Waals surface area contributed by atoms with E-state index >= 15 is 0 Å². The molecule has 0 saturated heterocycles. The van der Waals surface area contributed by atoms with Gasteiger partial charge in [0.2, 0.25) is 0 Å². The van der Waals surface area contributed by atoms with Crippen molar-refractivity contribution in [3.8, 4) is 0 Å². The van der Waals surface area contributed by atoms with Crippen molar-refractivity contribution in [1.29, 1.82) is 0 Å². The fourth-order valence-corrected chi connectivity index (χ4v) is 1.60. The van der Waals surface area contributed by atoms with Crippen LogP contribution < -0.4 is 10.6 Å². The molecule has 0 spiro atoms. The smallest absolute Gasteiger partial charge is 0.0743 e. The third-order valence-corrected chi connectivity index (χ3v) is 2.35. The summed E-state index contributed by atoms with van der Waals surface area (Å²) in [5.41, 5.74) is 1.99. The second kappa shape index (κ2) is 3.81. The molecule has 2 nitrogen and oxygen atoms in total. The van der Waals surface area contributed by atoms with Crippen molar-refractivity contribution in [2.45, 2.75) is 20.3 Å². The Balaban J connectivity index is 2.84. The first-order chi connectivity index (χ1) is 7.20. The monoisotopic (exact) mass is 198 g/mol. The van der Waals surface area contributed by atoms with E-state index in [0.717, 1.165) is 33.6 Å². The van der Waals surface area contributed by atoms with E-state index in [-0.39, 0.29) is 0 Å². The SMILES string of the molecule is C=c1cc2cnc(C)cc2n/c1=C/CC. The van der Waals surface area contributed by atoms with Gasteiger partial charge in [-0.1, -0.05) is 19.6 Å². The Bertz CT molecular complexity index is 600. The van der Waals surface area contributed by atoms with E-state index < -0.39 is 0 Å². The quantitative estimate of drug-likeness (QED) is 0.694. The maximum absolute atomic E-state index is 4.57. The lowest BCUT2D eigenvalue weighted by Gasteiger charge is -1.98. The lowest BCUT2D eigenvalue weighted by molar-refractivity contribution is 1.18. The largest absolute Gasteiger partial charge is 0.261 e. The van der Waals surface area contributed by atoms with E-state index in [1.807, 2.05) is 25.3 Å². The Labute approximate surface area is 89.0 Å². The van der Waals surface area contributed by atoms with Crippen LogP contribution in [0.2, 0.25) is 0 Å². The van der Waals surface area contributed by atoms with E-state index in [1.165, 1.54) is 0 Å². The van der Waals surface area contributed by atoms with Crippen molar-refractivity contribution in [2.75, 3.05) is 0 Å². The number of hydrogen-bond acceptors (Lipinski definition) is 2. The van der Waals surface area contributed by atoms with Gasteiger partial charge in [-0.25, -0.2) is 4.98 Å². The van der Waals surface area contributed by atoms with Crippen molar-refractivity contribution in [3.63, 3.8) is 0 Å². The molecule has 76 valence electrons. The zero-order valence-corrected chi connectivity index (χ0v) is 9.12. The lowest BCUT2D eigenvalue weighted by atomic mass is 10.2. The van der Waals surface area contributed by atoms with Crippen LogP contribution in [0.25, 0.3) is 23.6 Å². The first-order valence-electron chi connectivity index (χ1n) is 5.13. The van der Waals surface area contributed by atoms with Gasteiger partial charge >= 0.3 is 0 Å². The minimum Gasteiger partial charge on any atom is -0.261 e. The summed E-state index contributed by atoms with van der Waals surface area (Å²) >= 11 is 0. The van der Waals surface area contributed by atoms with Crippen LogP contribution in [0.4, 0.5) is 0 Å². The molecule has 0 amide bonds. The van der Waals surface area contributed by atoms with Crippen LogP contribution in [0.5, 0.6) is 0 Å². The molecule has 0 saturated carbocycles. The topological polar surface area (TPSA) is 25.8 Å². The molecule has 0 aliphatic carbocycles. The van der Waals surface area contributed by atoms with E-state index in [9.17, 15) is 0 Å². The Kier molecular flexibility index (Phi) is 2.50. The van der Waals surface area contributed by atoms with Crippen molar-refractivity contribution in [3.05, 3.63) is 34.6 Å². The van der Waals surface area contributed by atoms with Gasteiger partial charge in [0.15, 0.2) is 0 Å². The van der Waals surface area contributed by atoms with Gasteiger partial charge in [-0.05, 0) is 30.7 Å². The summed E-state index contributed by atoms with van der Waals surface area (Å²) in [6, 6.07) is 4.04. The van der Waals surface area contributed by atoms with Crippen molar-refractivity contribution in [1.82, 2.24) is 9.97 Å².